The monoisotopic (exact) mass is 273 g/mol. The van der Waals surface area contributed by atoms with Crippen LogP contribution in [-0.2, 0) is 0 Å². The van der Waals surface area contributed by atoms with Gasteiger partial charge in [-0.3, -0.25) is 0 Å². The van der Waals surface area contributed by atoms with Gasteiger partial charge in [-0.25, -0.2) is 4.98 Å². The first kappa shape index (κ1) is 13.1. The van der Waals surface area contributed by atoms with E-state index in [1.165, 1.54) is 0 Å². The normalized spacial score (nSPS) is 9.79. The van der Waals surface area contributed by atoms with Crippen molar-refractivity contribution in [3.63, 3.8) is 0 Å². The number of anilines is 3. The van der Waals surface area contributed by atoms with Crippen LogP contribution in [0.2, 0.25) is 5.02 Å². The number of benzene rings is 1. The van der Waals surface area contributed by atoms with E-state index in [0.29, 0.717) is 28.0 Å². The molecule has 0 saturated carbocycles. The molecule has 0 radical (unpaired) electrons. The molecule has 1 heterocycles. The number of aryl methyl sites for hydroxylation is 1. The van der Waals surface area contributed by atoms with E-state index < -0.39 is 0 Å². The quantitative estimate of drug-likeness (QED) is 0.899. The third kappa shape index (κ3) is 3.12. The average Bonchev–Trinajstić information content (AvgIpc) is 2.38. The van der Waals surface area contributed by atoms with E-state index in [0.717, 1.165) is 5.69 Å². The maximum atomic E-state index is 9.06. The predicted octanol–water partition coefficient (Wildman–Crippen LogP) is 3.10. The van der Waals surface area contributed by atoms with Crippen molar-refractivity contribution in [2.45, 2.75) is 6.92 Å². The molecule has 0 unspecified atom stereocenters. The largest absolute Gasteiger partial charge is 0.357 e. The van der Waals surface area contributed by atoms with Crippen molar-refractivity contribution in [3.05, 3.63) is 40.5 Å². The Bertz CT molecular complexity index is 648. The Morgan fingerprint density at radius 1 is 1.26 bits per heavy atom. The van der Waals surface area contributed by atoms with E-state index in [2.05, 4.69) is 26.7 Å². The second kappa shape index (κ2) is 5.55. The number of nitrogens with zero attached hydrogens (tertiary/aromatic N) is 3. The number of rotatable bonds is 3. The molecular formula is C13H12ClN5. The summed E-state index contributed by atoms with van der Waals surface area (Å²) < 4.78 is 0. The summed E-state index contributed by atoms with van der Waals surface area (Å²) in [7, 11) is 1.75. The predicted molar refractivity (Wildman–Crippen MR) is 75.8 cm³/mol. The molecule has 0 amide bonds. The fourth-order valence-corrected chi connectivity index (χ4v) is 1.77. The summed E-state index contributed by atoms with van der Waals surface area (Å²) in [4.78, 5) is 8.47. The van der Waals surface area contributed by atoms with E-state index in [4.69, 9.17) is 16.9 Å². The second-order valence-electron chi connectivity index (χ2n) is 3.89. The summed E-state index contributed by atoms with van der Waals surface area (Å²) in [6.45, 7) is 1.87. The maximum absolute atomic E-state index is 9.06. The van der Waals surface area contributed by atoms with Crippen molar-refractivity contribution in [2.24, 2.45) is 0 Å². The van der Waals surface area contributed by atoms with Crippen molar-refractivity contribution in [1.82, 2.24) is 9.97 Å². The molecule has 1 aromatic carbocycles. The highest BCUT2D eigenvalue weighted by Gasteiger charge is 2.06. The average molecular weight is 274 g/mol. The molecule has 0 saturated heterocycles. The van der Waals surface area contributed by atoms with Crippen molar-refractivity contribution in [3.8, 4) is 6.07 Å². The zero-order valence-electron chi connectivity index (χ0n) is 10.5. The first-order valence-corrected chi connectivity index (χ1v) is 6.00. The highest BCUT2D eigenvalue weighted by Crippen LogP contribution is 2.24. The van der Waals surface area contributed by atoms with Crippen LogP contribution in [-0.4, -0.2) is 17.0 Å². The fourth-order valence-electron chi connectivity index (χ4n) is 1.60. The van der Waals surface area contributed by atoms with Crippen LogP contribution in [0.25, 0.3) is 0 Å². The van der Waals surface area contributed by atoms with Crippen LogP contribution in [0.1, 0.15) is 11.3 Å². The molecule has 0 aliphatic carbocycles. The number of nitriles is 1. The number of aromatic nitrogens is 2. The molecule has 19 heavy (non-hydrogen) atoms. The van der Waals surface area contributed by atoms with E-state index in [-0.39, 0.29) is 0 Å². The lowest BCUT2D eigenvalue weighted by molar-refractivity contribution is 1.10. The molecule has 0 aliphatic rings. The Morgan fingerprint density at radius 2 is 2.05 bits per heavy atom. The molecule has 0 bridgehead atoms. The molecule has 96 valence electrons. The van der Waals surface area contributed by atoms with Gasteiger partial charge in [0.05, 0.1) is 11.3 Å². The van der Waals surface area contributed by atoms with Gasteiger partial charge < -0.3 is 10.6 Å². The van der Waals surface area contributed by atoms with Crippen LogP contribution in [0.15, 0.2) is 24.3 Å². The number of nitrogens with one attached hydrogen (secondary N) is 2. The molecule has 5 nitrogen and oxygen atoms in total. The summed E-state index contributed by atoms with van der Waals surface area (Å²) in [5, 5.41) is 15.6. The van der Waals surface area contributed by atoms with Gasteiger partial charge in [-0.15, -0.1) is 0 Å². The minimum absolute atomic E-state index is 0.506. The van der Waals surface area contributed by atoms with Gasteiger partial charge >= 0.3 is 0 Å². The van der Waals surface area contributed by atoms with E-state index in [1.54, 1.807) is 31.3 Å². The minimum atomic E-state index is 0.506. The number of hydrogen-bond acceptors (Lipinski definition) is 5. The highest BCUT2D eigenvalue weighted by molar-refractivity contribution is 6.30. The smallest absolute Gasteiger partial charge is 0.224 e. The van der Waals surface area contributed by atoms with E-state index >= 15 is 0 Å². The van der Waals surface area contributed by atoms with Crippen molar-refractivity contribution >= 4 is 29.1 Å². The summed E-state index contributed by atoms with van der Waals surface area (Å²) in [6.07, 6.45) is 0. The Morgan fingerprint density at radius 3 is 2.74 bits per heavy atom. The van der Waals surface area contributed by atoms with Gasteiger partial charge in [0.25, 0.3) is 0 Å². The van der Waals surface area contributed by atoms with Gasteiger partial charge in [0.1, 0.15) is 11.9 Å². The SMILES string of the molecule is CNc1nc(C)cc(Nc2cc(Cl)ccc2C#N)n1. The zero-order valence-corrected chi connectivity index (χ0v) is 11.3. The molecule has 2 rings (SSSR count). The lowest BCUT2D eigenvalue weighted by Crippen LogP contribution is -2.02. The Hall–Kier alpha value is -2.32. The molecule has 2 N–H and O–H groups in total. The highest BCUT2D eigenvalue weighted by atomic mass is 35.5. The van der Waals surface area contributed by atoms with Crippen molar-refractivity contribution < 1.29 is 0 Å². The lowest BCUT2D eigenvalue weighted by Gasteiger charge is -2.09. The molecule has 1 aromatic heterocycles. The van der Waals surface area contributed by atoms with Gasteiger partial charge in [0.15, 0.2) is 0 Å². The molecule has 6 heteroatoms. The molecule has 0 fully saturated rings. The number of hydrogen-bond donors (Lipinski definition) is 2. The van der Waals surface area contributed by atoms with Crippen LogP contribution in [0.4, 0.5) is 17.5 Å². The molecule has 0 atom stereocenters. The first-order chi connectivity index (χ1) is 9.12. The summed E-state index contributed by atoms with van der Waals surface area (Å²) in [5.74, 6) is 1.12. The Labute approximate surface area is 116 Å². The molecular weight excluding hydrogens is 262 g/mol. The summed E-state index contributed by atoms with van der Waals surface area (Å²) in [5.41, 5.74) is 1.95. The van der Waals surface area contributed by atoms with Crippen LogP contribution in [0.5, 0.6) is 0 Å². The first-order valence-electron chi connectivity index (χ1n) is 5.62. The molecule has 0 spiro atoms. The van der Waals surface area contributed by atoms with Crippen LogP contribution in [0.3, 0.4) is 0 Å². The fraction of sp³-hybridized carbons (Fsp3) is 0.154. The van der Waals surface area contributed by atoms with Gasteiger partial charge in [-0.1, -0.05) is 11.6 Å². The van der Waals surface area contributed by atoms with Crippen LogP contribution in [0, 0.1) is 18.3 Å². The van der Waals surface area contributed by atoms with Crippen LogP contribution >= 0.6 is 11.6 Å². The molecule has 0 aliphatic heterocycles. The van der Waals surface area contributed by atoms with E-state index in [1.807, 2.05) is 6.92 Å². The number of halogens is 1. The van der Waals surface area contributed by atoms with Gasteiger partial charge in [0.2, 0.25) is 5.95 Å². The van der Waals surface area contributed by atoms with Gasteiger partial charge in [-0.05, 0) is 25.1 Å². The van der Waals surface area contributed by atoms with Gasteiger partial charge in [-0.2, -0.15) is 10.2 Å². The summed E-state index contributed by atoms with van der Waals surface area (Å²) >= 11 is 5.94. The van der Waals surface area contributed by atoms with Crippen molar-refractivity contribution in [1.29, 1.82) is 5.26 Å². The van der Waals surface area contributed by atoms with Crippen LogP contribution < -0.4 is 10.6 Å². The third-order valence-electron chi connectivity index (χ3n) is 2.44. The third-order valence-corrected chi connectivity index (χ3v) is 2.68. The molecule has 2 aromatic rings. The Kier molecular flexibility index (Phi) is 3.83. The maximum Gasteiger partial charge on any atom is 0.224 e. The summed E-state index contributed by atoms with van der Waals surface area (Å²) in [6, 6.07) is 8.93. The standard InChI is InChI=1S/C13H12ClN5/c1-8-5-12(19-13(16-2)17-8)18-11-6-10(14)4-3-9(11)7-15/h3-6H,1-2H3,(H2,16,17,18,19). The zero-order chi connectivity index (χ0) is 13.8. The Balaban J connectivity index is 2.38. The van der Waals surface area contributed by atoms with E-state index in [9.17, 15) is 0 Å². The lowest BCUT2D eigenvalue weighted by atomic mass is 10.2. The van der Waals surface area contributed by atoms with Gasteiger partial charge in [0, 0.05) is 23.8 Å². The minimum Gasteiger partial charge on any atom is -0.357 e. The second-order valence-corrected chi connectivity index (χ2v) is 4.33. The topological polar surface area (TPSA) is 73.6 Å². The van der Waals surface area contributed by atoms with Crippen molar-refractivity contribution in [2.75, 3.05) is 17.7 Å².